The predicted molar refractivity (Wildman–Crippen MR) is 100 cm³/mol. The minimum Gasteiger partial charge on any atom is -0.325 e. The van der Waals surface area contributed by atoms with Crippen molar-refractivity contribution in [3.8, 4) is 0 Å². The van der Waals surface area contributed by atoms with Crippen LogP contribution >= 0.6 is 11.6 Å². The second-order valence-corrected chi connectivity index (χ2v) is 7.31. The molecule has 3 amide bonds. The molecule has 0 radical (unpaired) electrons. The number of imide groups is 1. The van der Waals surface area contributed by atoms with E-state index in [9.17, 15) is 9.59 Å². The number of halogens is 1. The number of benzene rings is 1. The van der Waals surface area contributed by atoms with Crippen molar-refractivity contribution in [3.05, 3.63) is 28.8 Å². The van der Waals surface area contributed by atoms with Gasteiger partial charge in [-0.15, -0.1) is 0 Å². The lowest BCUT2D eigenvalue weighted by Gasteiger charge is -2.40. The Labute approximate surface area is 157 Å². The van der Waals surface area contributed by atoms with E-state index >= 15 is 0 Å². The van der Waals surface area contributed by atoms with Crippen molar-refractivity contribution in [1.29, 1.82) is 0 Å². The molecule has 138 valence electrons. The zero-order chi connectivity index (χ0) is 18.6. The fourth-order valence-electron chi connectivity index (χ4n) is 3.98. The van der Waals surface area contributed by atoms with E-state index in [1.54, 1.807) is 11.9 Å². The zero-order valence-electron chi connectivity index (χ0n) is 15.1. The van der Waals surface area contributed by atoms with E-state index in [4.69, 9.17) is 16.6 Å². The summed E-state index contributed by atoms with van der Waals surface area (Å²) in [5.41, 5.74) is 1.97. The second kappa shape index (κ2) is 6.16. The van der Waals surface area contributed by atoms with Gasteiger partial charge in [0.15, 0.2) is 12.2 Å². The molecule has 8 heteroatoms. The standard InChI is InChI=1S/C18H22ClN5O2/c1-4-8-24-16(25)14-15(21(3)18(24)26)20-17-22(9-10-23(14)17)13-7-5-6-12(19)11(13)2/h5-7,14-15H,4,8-10H2,1-3H3. The first-order valence-electron chi connectivity index (χ1n) is 8.91. The van der Waals surface area contributed by atoms with Gasteiger partial charge in [0, 0.05) is 37.4 Å². The third-order valence-electron chi connectivity index (χ3n) is 5.35. The molecule has 0 aromatic heterocycles. The maximum absolute atomic E-state index is 13.0. The molecule has 2 fully saturated rings. The second-order valence-electron chi connectivity index (χ2n) is 6.90. The molecule has 3 aliphatic heterocycles. The van der Waals surface area contributed by atoms with Gasteiger partial charge >= 0.3 is 6.03 Å². The minimum atomic E-state index is -0.472. The highest BCUT2D eigenvalue weighted by Crippen LogP contribution is 2.35. The van der Waals surface area contributed by atoms with E-state index < -0.39 is 12.2 Å². The number of hydrogen-bond acceptors (Lipinski definition) is 5. The van der Waals surface area contributed by atoms with Crippen LogP contribution in [0.4, 0.5) is 10.5 Å². The molecule has 26 heavy (non-hydrogen) atoms. The molecule has 0 spiro atoms. The van der Waals surface area contributed by atoms with E-state index in [0.717, 1.165) is 30.2 Å². The van der Waals surface area contributed by atoms with Gasteiger partial charge in [-0.3, -0.25) is 9.69 Å². The van der Waals surface area contributed by atoms with E-state index in [1.165, 1.54) is 4.90 Å². The topological polar surface area (TPSA) is 59.5 Å². The van der Waals surface area contributed by atoms with Gasteiger partial charge in [0.05, 0.1) is 0 Å². The SMILES string of the molecule is CCCN1C(=O)C2C(N=C3N(c4cccc(Cl)c4C)CCN32)N(C)C1=O. The molecule has 0 aliphatic carbocycles. The Balaban J connectivity index is 1.70. The summed E-state index contributed by atoms with van der Waals surface area (Å²) in [5.74, 6) is 0.597. The molecule has 0 saturated carbocycles. The van der Waals surface area contributed by atoms with Gasteiger partial charge in [-0.1, -0.05) is 24.6 Å². The number of rotatable bonds is 3. The third-order valence-corrected chi connectivity index (χ3v) is 5.76. The van der Waals surface area contributed by atoms with Crippen LogP contribution in [-0.2, 0) is 4.79 Å². The lowest BCUT2D eigenvalue weighted by atomic mass is 10.1. The van der Waals surface area contributed by atoms with Crippen molar-refractivity contribution in [2.24, 2.45) is 4.99 Å². The molecule has 3 aliphatic rings. The number of guanidine groups is 1. The molecule has 2 saturated heterocycles. The molecule has 7 nitrogen and oxygen atoms in total. The number of urea groups is 1. The van der Waals surface area contributed by atoms with Crippen LogP contribution in [0.2, 0.25) is 5.02 Å². The molecule has 0 N–H and O–H groups in total. The van der Waals surface area contributed by atoms with Crippen LogP contribution < -0.4 is 4.90 Å². The fraction of sp³-hybridized carbons (Fsp3) is 0.500. The largest absolute Gasteiger partial charge is 0.328 e. The van der Waals surface area contributed by atoms with Crippen molar-refractivity contribution >= 4 is 35.2 Å². The molecule has 0 bridgehead atoms. The Hall–Kier alpha value is -2.28. The highest BCUT2D eigenvalue weighted by Gasteiger charge is 2.54. The quantitative estimate of drug-likeness (QED) is 0.812. The van der Waals surface area contributed by atoms with Crippen LogP contribution in [-0.4, -0.2) is 71.5 Å². The van der Waals surface area contributed by atoms with Crippen LogP contribution in [0.15, 0.2) is 23.2 Å². The van der Waals surface area contributed by atoms with Gasteiger partial charge in [-0.05, 0) is 31.0 Å². The summed E-state index contributed by atoms with van der Waals surface area (Å²) in [4.78, 5) is 37.3. The lowest BCUT2D eigenvalue weighted by Crippen LogP contribution is -2.64. The highest BCUT2D eigenvalue weighted by molar-refractivity contribution is 6.31. The molecular formula is C18H22ClN5O2. The Morgan fingerprint density at radius 2 is 2.04 bits per heavy atom. The fourth-order valence-corrected chi connectivity index (χ4v) is 4.15. The Morgan fingerprint density at radius 3 is 2.77 bits per heavy atom. The Kier molecular flexibility index (Phi) is 4.06. The number of nitrogens with zero attached hydrogens (tertiary/aromatic N) is 5. The van der Waals surface area contributed by atoms with Gasteiger partial charge < -0.3 is 14.7 Å². The highest BCUT2D eigenvalue weighted by atomic mass is 35.5. The average Bonchev–Trinajstić information content (AvgIpc) is 3.18. The lowest BCUT2D eigenvalue weighted by molar-refractivity contribution is -0.137. The summed E-state index contributed by atoms with van der Waals surface area (Å²) >= 11 is 6.28. The van der Waals surface area contributed by atoms with Gasteiger partial charge in [0.2, 0.25) is 5.96 Å². The number of anilines is 1. The van der Waals surface area contributed by atoms with Crippen LogP contribution in [0, 0.1) is 6.92 Å². The smallest absolute Gasteiger partial charge is 0.325 e. The van der Waals surface area contributed by atoms with Crippen LogP contribution in [0.25, 0.3) is 0 Å². The summed E-state index contributed by atoms with van der Waals surface area (Å²) in [6.07, 6.45) is 0.268. The van der Waals surface area contributed by atoms with E-state index in [2.05, 4.69) is 4.90 Å². The van der Waals surface area contributed by atoms with E-state index in [-0.39, 0.29) is 11.9 Å². The third kappa shape index (κ3) is 2.30. The molecule has 4 rings (SSSR count). The van der Waals surface area contributed by atoms with E-state index in [1.807, 2.05) is 36.9 Å². The number of aliphatic imine (C=N–C) groups is 1. The molecule has 1 aromatic carbocycles. The first-order valence-corrected chi connectivity index (χ1v) is 9.28. The van der Waals surface area contributed by atoms with E-state index in [0.29, 0.717) is 18.1 Å². The van der Waals surface area contributed by atoms with Crippen LogP contribution in [0.5, 0.6) is 0 Å². The number of hydrogen-bond donors (Lipinski definition) is 0. The summed E-state index contributed by atoms with van der Waals surface area (Å²) < 4.78 is 0. The van der Waals surface area contributed by atoms with Crippen LogP contribution in [0.3, 0.4) is 0 Å². The zero-order valence-corrected chi connectivity index (χ0v) is 15.9. The molecular weight excluding hydrogens is 354 g/mol. The monoisotopic (exact) mass is 375 g/mol. The Bertz CT molecular complexity index is 811. The van der Waals surface area contributed by atoms with Gasteiger partial charge in [-0.2, -0.15) is 0 Å². The Morgan fingerprint density at radius 1 is 1.27 bits per heavy atom. The molecule has 1 aromatic rings. The number of carbonyl (C=O) groups excluding carboxylic acids is 2. The first-order chi connectivity index (χ1) is 12.5. The number of carbonyl (C=O) groups is 2. The average molecular weight is 376 g/mol. The van der Waals surface area contributed by atoms with Crippen molar-refractivity contribution < 1.29 is 9.59 Å². The van der Waals surface area contributed by atoms with Crippen molar-refractivity contribution in [2.75, 3.05) is 31.6 Å². The van der Waals surface area contributed by atoms with Gasteiger partial charge in [0.1, 0.15) is 0 Å². The predicted octanol–water partition coefficient (Wildman–Crippen LogP) is 2.14. The number of likely N-dealkylation sites (N-methyl/N-ethyl adjacent to an activating group) is 1. The van der Waals surface area contributed by atoms with Gasteiger partial charge in [-0.25, -0.2) is 9.79 Å². The van der Waals surface area contributed by atoms with Crippen molar-refractivity contribution in [3.63, 3.8) is 0 Å². The normalized spacial score (nSPS) is 25.0. The minimum absolute atomic E-state index is 0.150. The molecule has 3 heterocycles. The molecule has 2 unspecified atom stereocenters. The maximum Gasteiger partial charge on any atom is 0.328 e. The molecule has 2 atom stereocenters. The summed E-state index contributed by atoms with van der Waals surface area (Å²) in [6, 6.07) is 5.08. The number of amides is 3. The van der Waals surface area contributed by atoms with Crippen molar-refractivity contribution in [1.82, 2.24) is 14.7 Å². The van der Waals surface area contributed by atoms with Gasteiger partial charge in [0.25, 0.3) is 5.91 Å². The summed E-state index contributed by atoms with van der Waals surface area (Å²) in [5, 5.41) is 0.703. The maximum atomic E-state index is 13.0. The van der Waals surface area contributed by atoms with Crippen LogP contribution in [0.1, 0.15) is 18.9 Å². The summed E-state index contributed by atoms with van der Waals surface area (Å²) in [7, 11) is 1.72. The van der Waals surface area contributed by atoms with Crippen molar-refractivity contribution in [2.45, 2.75) is 32.5 Å². The number of fused-ring (bicyclic) bond motifs is 3. The summed E-state index contributed by atoms with van der Waals surface area (Å²) in [6.45, 7) is 5.81. The first kappa shape index (κ1) is 17.1.